The number of carbonyl (C=O) groups excluding carboxylic acids is 2. The third-order valence-corrected chi connectivity index (χ3v) is 10.9. The Kier molecular flexibility index (Phi) is 10.5. The highest BCUT2D eigenvalue weighted by molar-refractivity contribution is 7.99. The van der Waals surface area contributed by atoms with Crippen LogP contribution in [0.4, 0.5) is 9.59 Å². The molecule has 1 aliphatic rings. The fourth-order valence-corrected chi connectivity index (χ4v) is 8.17. The lowest BCUT2D eigenvalue weighted by Gasteiger charge is -2.27. The molecular weight excluding hydrogens is 741 g/mol. The minimum atomic E-state index is -0.592. The predicted molar refractivity (Wildman–Crippen MR) is 223 cm³/mol. The Morgan fingerprint density at radius 3 is 2.56 bits per heavy atom. The molecule has 0 radical (unpaired) electrons. The standard InChI is InChI=1S/C44H44N6O6S/c1-5-6-12-33(49-42(52)54-23-26-10-8-7-9-11-26)41-46-32-17-14-27(20-34(32)47-41)28-13-16-30-38(21-28)55-37-18-15-29(19-31(37)39(30)51)40-45-22-35(48-40)36-24-57-25-50(36)43(53)56-44(2,3)4/h7-11,13-22,33,36H,5-6,12,23-25H2,1-4H3,(H,45,48)(H,46,47)(H,49,52)/t33-,36-/m0/s1. The van der Waals surface area contributed by atoms with Crippen LogP contribution in [0.3, 0.4) is 0 Å². The van der Waals surface area contributed by atoms with Gasteiger partial charge in [-0.15, -0.1) is 11.8 Å². The van der Waals surface area contributed by atoms with E-state index in [9.17, 15) is 14.4 Å². The van der Waals surface area contributed by atoms with Gasteiger partial charge in [0, 0.05) is 11.3 Å². The summed E-state index contributed by atoms with van der Waals surface area (Å²) in [6.07, 6.45) is 3.47. The maximum absolute atomic E-state index is 13.9. The first-order valence-electron chi connectivity index (χ1n) is 19.1. The van der Waals surface area contributed by atoms with E-state index in [-0.39, 0.29) is 30.2 Å². The summed E-state index contributed by atoms with van der Waals surface area (Å²) in [6, 6.07) is 26.0. The number of rotatable bonds is 10. The summed E-state index contributed by atoms with van der Waals surface area (Å²) in [5.41, 5.74) is 6.03. The number of aromatic nitrogens is 4. The lowest BCUT2D eigenvalue weighted by Crippen LogP contribution is -2.36. The summed E-state index contributed by atoms with van der Waals surface area (Å²) in [7, 11) is 0. The van der Waals surface area contributed by atoms with Crippen molar-refractivity contribution in [2.75, 3.05) is 11.6 Å². The molecule has 2 amide bonds. The fourth-order valence-electron chi connectivity index (χ4n) is 7.00. The highest BCUT2D eigenvalue weighted by atomic mass is 32.2. The number of benzene rings is 4. The Balaban J connectivity index is 1.02. The number of aromatic amines is 2. The van der Waals surface area contributed by atoms with Gasteiger partial charge in [-0.25, -0.2) is 19.6 Å². The number of amides is 2. The zero-order valence-electron chi connectivity index (χ0n) is 32.3. The Morgan fingerprint density at radius 1 is 0.965 bits per heavy atom. The van der Waals surface area contributed by atoms with E-state index < -0.39 is 11.7 Å². The quantitative estimate of drug-likeness (QED) is 0.115. The molecule has 0 spiro atoms. The first-order chi connectivity index (χ1) is 27.5. The van der Waals surface area contributed by atoms with Crippen LogP contribution in [0.15, 0.2) is 100 Å². The van der Waals surface area contributed by atoms with Gasteiger partial charge in [-0.2, -0.15) is 0 Å². The van der Waals surface area contributed by atoms with Crippen molar-refractivity contribution in [2.45, 2.75) is 71.2 Å². The first-order valence-corrected chi connectivity index (χ1v) is 20.3. The average molecular weight is 785 g/mol. The van der Waals surface area contributed by atoms with Gasteiger partial charge in [-0.1, -0.05) is 62.2 Å². The molecule has 7 aromatic rings. The molecule has 12 nitrogen and oxygen atoms in total. The second-order valence-corrected chi connectivity index (χ2v) is 16.3. The number of hydrogen-bond donors (Lipinski definition) is 3. The Labute approximate surface area is 333 Å². The van der Waals surface area contributed by atoms with Crippen LogP contribution in [0, 0.1) is 0 Å². The Morgan fingerprint density at radius 2 is 1.75 bits per heavy atom. The number of hydrogen-bond acceptors (Lipinski definition) is 9. The molecule has 4 aromatic carbocycles. The van der Waals surface area contributed by atoms with Crippen molar-refractivity contribution in [3.8, 4) is 22.5 Å². The zero-order chi connectivity index (χ0) is 39.7. The molecule has 8 rings (SSSR count). The molecule has 3 N–H and O–H groups in total. The third-order valence-electron chi connectivity index (χ3n) is 9.92. The van der Waals surface area contributed by atoms with E-state index in [1.54, 1.807) is 41.1 Å². The van der Waals surface area contributed by atoms with Crippen LogP contribution in [0.5, 0.6) is 0 Å². The number of unbranched alkanes of at least 4 members (excludes halogenated alkanes) is 1. The van der Waals surface area contributed by atoms with E-state index >= 15 is 0 Å². The first kappa shape index (κ1) is 37.8. The molecule has 0 unspecified atom stereocenters. The number of fused-ring (bicyclic) bond motifs is 3. The second kappa shape index (κ2) is 15.8. The van der Waals surface area contributed by atoms with E-state index in [1.807, 2.05) is 87.5 Å². The summed E-state index contributed by atoms with van der Waals surface area (Å²) >= 11 is 1.66. The zero-order valence-corrected chi connectivity index (χ0v) is 33.1. The fraction of sp³-hybridized carbons (Fsp3) is 0.295. The molecular formula is C44H44N6O6S. The highest BCUT2D eigenvalue weighted by Gasteiger charge is 2.35. The molecule has 13 heteroatoms. The molecule has 0 saturated carbocycles. The molecule has 0 bridgehead atoms. The molecule has 2 atom stereocenters. The number of nitrogens with one attached hydrogen (secondary N) is 3. The van der Waals surface area contributed by atoms with Gasteiger partial charge in [-0.3, -0.25) is 9.69 Å². The number of thioether (sulfide) groups is 1. The molecule has 1 fully saturated rings. The van der Waals surface area contributed by atoms with Gasteiger partial charge in [0.2, 0.25) is 5.43 Å². The topological polar surface area (TPSA) is 155 Å². The molecule has 1 aliphatic heterocycles. The minimum absolute atomic E-state index is 0.142. The highest BCUT2D eigenvalue weighted by Crippen LogP contribution is 2.35. The van der Waals surface area contributed by atoms with Crippen LogP contribution in [0.1, 0.15) is 76.1 Å². The van der Waals surface area contributed by atoms with Crippen LogP contribution in [-0.2, 0) is 16.1 Å². The van der Waals surface area contributed by atoms with Crippen LogP contribution in [0.25, 0.3) is 55.5 Å². The predicted octanol–water partition coefficient (Wildman–Crippen LogP) is 10.0. The van der Waals surface area contributed by atoms with Gasteiger partial charge < -0.3 is 29.2 Å². The van der Waals surface area contributed by atoms with E-state index in [0.717, 1.165) is 57.6 Å². The summed E-state index contributed by atoms with van der Waals surface area (Å²) in [4.78, 5) is 57.5. The number of carbonyl (C=O) groups is 2. The summed E-state index contributed by atoms with van der Waals surface area (Å²) < 4.78 is 17.5. The monoisotopic (exact) mass is 784 g/mol. The van der Waals surface area contributed by atoms with E-state index in [1.165, 1.54) is 0 Å². The molecule has 57 heavy (non-hydrogen) atoms. The van der Waals surface area contributed by atoms with Gasteiger partial charge in [0.25, 0.3) is 0 Å². The lowest BCUT2D eigenvalue weighted by atomic mass is 10.0. The van der Waals surface area contributed by atoms with Crippen molar-refractivity contribution in [3.05, 3.63) is 118 Å². The van der Waals surface area contributed by atoms with E-state index in [2.05, 4.69) is 27.2 Å². The van der Waals surface area contributed by atoms with Crippen molar-refractivity contribution >= 4 is 56.9 Å². The minimum Gasteiger partial charge on any atom is -0.456 e. The van der Waals surface area contributed by atoms with Crippen LogP contribution in [0.2, 0.25) is 0 Å². The van der Waals surface area contributed by atoms with Gasteiger partial charge in [0.15, 0.2) is 0 Å². The lowest BCUT2D eigenvalue weighted by molar-refractivity contribution is 0.0235. The SMILES string of the molecule is CCCC[C@H](NC(=O)OCc1ccccc1)c1nc2ccc(-c3ccc4c(=O)c5cc(-c6ncc([C@@H]7CSCN7C(=O)OC(C)(C)C)[nH]6)ccc5oc4c3)cc2[nH]1. The molecule has 0 aliphatic carbocycles. The molecule has 292 valence electrons. The van der Waals surface area contributed by atoms with Gasteiger partial charge in [0.1, 0.15) is 35.0 Å². The Bertz CT molecular complexity index is 2650. The maximum Gasteiger partial charge on any atom is 0.411 e. The van der Waals surface area contributed by atoms with Crippen LogP contribution < -0.4 is 10.7 Å². The number of nitrogens with zero attached hydrogens (tertiary/aromatic N) is 3. The van der Waals surface area contributed by atoms with Gasteiger partial charge in [-0.05, 0) is 86.3 Å². The van der Waals surface area contributed by atoms with E-state index in [4.69, 9.17) is 18.9 Å². The van der Waals surface area contributed by atoms with Gasteiger partial charge >= 0.3 is 12.2 Å². The molecule has 3 aromatic heterocycles. The molecule has 4 heterocycles. The second-order valence-electron chi connectivity index (χ2n) is 15.3. The Hall–Kier alpha value is -6.08. The smallest absolute Gasteiger partial charge is 0.411 e. The molecule has 1 saturated heterocycles. The normalized spacial score (nSPS) is 15.0. The largest absolute Gasteiger partial charge is 0.456 e. The summed E-state index contributed by atoms with van der Waals surface area (Å²) in [6.45, 7) is 7.86. The average Bonchev–Trinajstić information content (AvgIpc) is 3.98. The number of H-pyrrole nitrogens is 2. The van der Waals surface area contributed by atoms with Crippen molar-refractivity contribution in [1.82, 2.24) is 30.2 Å². The number of alkyl carbamates (subject to hydrolysis) is 1. The van der Waals surface area contributed by atoms with Gasteiger partial charge in [0.05, 0.1) is 51.7 Å². The number of ether oxygens (including phenoxy) is 2. The number of imidazole rings is 2. The van der Waals surface area contributed by atoms with Crippen molar-refractivity contribution in [3.63, 3.8) is 0 Å². The summed E-state index contributed by atoms with van der Waals surface area (Å²) in [5.74, 6) is 2.51. The third kappa shape index (κ3) is 8.24. The summed E-state index contributed by atoms with van der Waals surface area (Å²) in [5, 5.41) is 3.91. The van der Waals surface area contributed by atoms with Crippen LogP contribution in [-0.4, -0.2) is 54.3 Å². The van der Waals surface area contributed by atoms with Crippen molar-refractivity contribution in [2.24, 2.45) is 0 Å². The van der Waals surface area contributed by atoms with E-state index in [0.29, 0.717) is 45.9 Å². The maximum atomic E-state index is 13.9. The van der Waals surface area contributed by atoms with Crippen molar-refractivity contribution in [1.29, 1.82) is 0 Å². The van der Waals surface area contributed by atoms with Crippen molar-refractivity contribution < 1.29 is 23.5 Å². The van der Waals surface area contributed by atoms with Crippen LogP contribution >= 0.6 is 11.8 Å².